The predicted octanol–water partition coefficient (Wildman–Crippen LogP) is 4.77. The smallest absolute Gasteiger partial charge is 0.303 e. The van der Waals surface area contributed by atoms with Gasteiger partial charge in [0.25, 0.3) is 0 Å². The molecule has 1 aliphatic rings. The molecule has 0 bridgehead atoms. The number of carboxylic acids is 1. The number of likely N-dealkylation sites (tertiary alicyclic amines) is 1. The number of hydrogen-bond donors (Lipinski definition) is 1. The Kier molecular flexibility index (Phi) is 5.91. The summed E-state index contributed by atoms with van der Waals surface area (Å²) in [7, 11) is 0. The molecule has 2 unspecified atom stereocenters. The van der Waals surface area contributed by atoms with E-state index in [1.165, 1.54) is 0 Å². The summed E-state index contributed by atoms with van der Waals surface area (Å²) in [4.78, 5) is 13.2. The molecule has 1 fully saturated rings. The van der Waals surface area contributed by atoms with E-state index in [0.29, 0.717) is 17.5 Å². The fourth-order valence-electron chi connectivity index (χ4n) is 3.15. The molecule has 1 aliphatic heterocycles. The zero-order chi connectivity index (χ0) is 15.4. The number of carboxylic acid groups (broad SMARTS) is 1. The Morgan fingerprint density at radius 3 is 2.90 bits per heavy atom. The maximum Gasteiger partial charge on any atom is 0.303 e. The Bertz CT molecular complexity index is 507. The first kappa shape index (κ1) is 16.6. The third-order valence-corrected chi connectivity index (χ3v) is 4.85. The molecule has 0 spiro atoms. The van der Waals surface area contributed by atoms with E-state index >= 15 is 0 Å². The molecule has 1 aromatic rings. The van der Waals surface area contributed by atoms with Gasteiger partial charge in [0, 0.05) is 28.5 Å². The molecule has 116 valence electrons. The minimum atomic E-state index is -0.728. The van der Waals surface area contributed by atoms with Crippen LogP contribution in [0.3, 0.4) is 0 Å². The Labute approximate surface area is 135 Å². The summed E-state index contributed by atoms with van der Waals surface area (Å²) in [5.74, 6) is -0.728. The van der Waals surface area contributed by atoms with Crippen LogP contribution in [0, 0.1) is 0 Å². The van der Waals surface area contributed by atoms with Gasteiger partial charge in [0.05, 0.1) is 0 Å². The molecule has 1 aromatic carbocycles. The summed E-state index contributed by atoms with van der Waals surface area (Å²) < 4.78 is 0. The molecule has 0 aliphatic carbocycles. The molecule has 1 heterocycles. The van der Waals surface area contributed by atoms with Crippen LogP contribution in [0.1, 0.15) is 50.6 Å². The van der Waals surface area contributed by atoms with Crippen molar-refractivity contribution in [3.05, 3.63) is 33.8 Å². The molecule has 1 N–H and O–H groups in total. The highest BCUT2D eigenvalue weighted by atomic mass is 35.5. The van der Waals surface area contributed by atoms with Crippen molar-refractivity contribution in [2.75, 3.05) is 6.54 Å². The first-order chi connectivity index (χ1) is 9.99. The third-order valence-electron chi connectivity index (χ3n) is 4.27. The average molecular weight is 330 g/mol. The largest absolute Gasteiger partial charge is 0.481 e. The zero-order valence-electron chi connectivity index (χ0n) is 12.2. The van der Waals surface area contributed by atoms with E-state index in [1.54, 1.807) is 6.07 Å². The molecular weight excluding hydrogens is 309 g/mol. The Morgan fingerprint density at radius 2 is 2.19 bits per heavy atom. The zero-order valence-corrected chi connectivity index (χ0v) is 13.7. The summed E-state index contributed by atoms with van der Waals surface area (Å²) in [6.45, 7) is 3.10. The molecule has 0 saturated carbocycles. The van der Waals surface area contributed by atoms with E-state index in [0.717, 1.165) is 36.4 Å². The third kappa shape index (κ3) is 4.35. The van der Waals surface area contributed by atoms with Crippen molar-refractivity contribution < 1.29 is 9.90 Å². The number of hydrogen-bond acceptors (Lipinski definition) is 2. The fourth-order valence-corrected chi connectivity index (χ4v) is 3.60. The highest BCUT2D eigenvalue weighted by molar-refractivity contribution is 6.33. The molecule has 1 saturated heterocycles. The van der Waals surface area contributed by atoms with Gasteiger partial charge in [-0.2, -0.15) is 0 Å². The van der Waals surface area contributed by atoms with Crippen molar-refractivity contribution in [1.82, 2.24) is 4.90 Å². The second kappa shape index (κ2) is 7.48. The lowest BCUT2D eigenvalue weighted by molar-refractivity contribution is -0.137. The summed E-state index contributed by atoms with van der Waals surface area (Å²) in [6.07, 6.45) is 4.27. The van der Waals surface area contributed by atoms with Crippen LogP contribution in [0.25, 0.3) is 0 Å². The van der Waals surface area contributed by atoms with Crippen LogP contribution in [0.5, 0.6) is 0 Å². The van der Waals surface area contributed by atoms with Gasteiger partial charge in [-0.25, -0.2) is 0 Å². The Balaban J connectivity index is 2.15. The topological polar surface area (TPSA) is 40.5 Å². The Hall–Kier alpha value is -0.770. The predicted molar refractivity (Wildman–Crippen MR) is 86.1 cm³/mol. The van der Waals surface area contributed by atoms with Gasteiger partial charge in [0.15, 0.2) is 0 Å². The number of benzene rings is 1. The lowest BCUT2D eigenvalue weighted by Gasteiger charge is -2.40. The van der Waals surface area contributed by atoms with Crippen LogP contribution in [-0.2, 0) is 4.79 Å². The summed E-state index contributed by atoms with van der Waals surface area (Å²) >= 11 is 12.4. The van der Waals surface area contributed by atoms with Gasteiger partial charge >= 0.3 is 5.97 Å². The molecule has 0 amide bonds. The van der Waals surface area contributed by atoms with Gasteiger partial charge in [-0.05, 0) is 56.5 Å². The number of aliphatic carboxylic acids is 1. The van der Waals surface area contributed by atoms with Gasteiger partial charge in [0.2, 0.25) is 0 Å². The summed E-state index contributed by atoms with van der Waals surface area (Å²) in [6, 6.07) is 5.98. The van der Waals surface area contributed by atoms with Crippen LogP contribution in [-0.4, -0.2) is 28.6 Å². The number of piperidine rings is 1. The lowest BCUT2D eigenvalue weighted by atomic mass is 9.94. The standard InChI is InChI=1S/C16H21Cl2NO2/c1-11(14-10-12(17)5-7-15(14)18)19-9-3-2-4-13(19)6-8-16(20)21/h5,7,10-11,13H,2-4,6,8-9H2,1H3,(H,20,21). The van der Waals surface area contributed by atoms with Gasteiger partial charge in [-0.15, -0.1) is 0 Å². The van der Waals surface area contributed by atoms with E-state index in [9.17, 15) is 4.79 Å². The average Bonchev–Trinajstić information content (AvgIpc) is 2.47. The molecule has 21 heavy (non-hydrogen) atoms. The molecular formula is C16H21Cl2NO2. The van der Waals surface area contributed by atoms with Crippen molar-refractivity contribution in [3.63, 3.8) is 0 Å². The number of nitrogens with zero attached hydrogens (tertiary/aromatic N) is 1. The minimum Gasteiger partial charge on any atom is -0.481 e. The van der Waals surface area contributed by atoms with Crippen LogP contribution >= 0.6 is 23.2 Å². The monoisotopic (exact) mass is 329 g/mol. The maximum absolute atomic E-state index is 10.8. The number of rotatable bonds is 5. The first-order valence-electron chi connectivity index (χ1n) is 7.41. The van der Waals surface area contributed by atoms with Gasteiger partial charge in [-0.3, -0.25) is 9.69 Å². The number of halogens is 2. The van der Waals surface area contributed by atoms with Crippen LogP contribution in [0.15, 0.2) is 18.2 Å². The summed E-state index contributed by atoms with van der Waals surface area (Å²) in [5.41, 5.74) is 1.02. The molecule has 0 aromatic heterocycles. The van der Waals surface area contributed by atoms with Crippen molar-refractivity contribution >= 4 is 29.2 Å². The van der Waals surface area contributed by atoms with Crippen LogP contribution < -0.4 is 0 Å². The van der Waals surface area contributed by atoms with Crippen LogP contribution in [0.2, 0.25) is 10.0 Å². The minimum absolute atomic E-state index is 0.148. The van der Waals surface area contributed by atoms with E-state index in [-0.39, 0.29) is 12.5 Å². The molecule has 3 nitrogen and oxygen atoms in total. The second-order valence-electron chi connectivity index (χ2n) is 5.66. The molecule has 2 atom stereocenters. The van der Waals surface area contributed by atoms with Crippen molar-refractivity contribution in [3.8, 4) is 0 Å². The second-order valence-corrected chi connectivity index (χ2v) is 6.51. The van der Waals surface area contributed by atoms with E-state index < -0.39 is 5.97 Å². The molecule has 5 heteroatoms. The van der Waals surface area contributed by atoms with Crippen molar-refractivity contribution in [1.29, 1.82) is 0 Å². The van der Waals surface area contributed by atoms with Crippen molar-refractivity contribution in [2.45, 2.75) is 51.1 Å². The van der Waals surface area contributed by atoms with Gasteiger partial charge in [0.1, 0.15) is 0 Å². The van der Waals surface area contributed by atoms with Crippen molar-refractivity contribution in [2.24, 2.45) is 0 Å². The van der Waals surface area contributed by atoms with Gasteiger partial charge in [-0.1, -0.05) is 29.6 Å². The molecule has 2 rings (SSSR count). The molecule has 0 radical (unpaired) electrons. The van der Waals surface area contributed by atoms with E-state index in [4.69, 9.17) is 28.3 Å². The maximum atomic E-state index is 10.8. The van der Waals surface area contributed by atoms with E-state index in [2.05, 4.69) is 11.8 Å². The number of carbonyl (C=O) groups is 1. The normalized spacial score (nSPS) is 21.2. The van der Waals surface area contributed by atoms with E-state index in [1.807, 2.05) is 12.1 Å². The fraction of sp³-hybridized carbons (Fsp3) is 0.562. The van der Waals surface area contributed by atoms with Gasteiger partial charge < -0.3 is 5.11 Å². The summed E-state index contributed by atoms with van der Waals surface area (Å²) in [5, 5.41) is 10.3. The first-order valence-corrected chi connectivity index (χ1v) is 8.17. The quantitative estimate of drug-likeness (QED) is 0.845. The SMILES string of the molecule is CC(c1cc(Cl)ccc1Cl)N1CCCCC1CCC(=O)O. The Morgan fingerprint density at radius 1 is 1.43 bits per heavy atom. The van der Waals surface area contributed by atoms with Crippen LogP contribution in [0.4, 0.5) is 0 Å². The highest BCUT2D eigenvalue weighted by Crippen LogP contribution is 2.34. The highest BCUT2D eigenvalue weighted by Gasteiger charge is 2.28. The lowest BCUT2D eigenvalue weighted by Crippen LogP contribution is -2.41.